The molecule has 0 unspecified atom stereocenters. The van der Waals surface area contributed by atoms with Crippen molar-refractivity contribution >= 4 is 17.7 Å². The highest BCUT2D eigenvalue weighted by Crippen LogP contribution is 2.41. The van der Waals surface area contributed by atoms with Gasteiger partial charge in [-0.3, -0.25) is 4.79 Å². The van der Waals surface area contributed by atoms with Crippen molar-refractivity contribution in [2.75, 3.05) is 12.3 Å². The summed E-state index contributed by atoms with van der Waals surface area (Å²) in [5, 5.41) is 4.00. The highest BCUT2D eigenvalue weighted by molar-refractivity contribution is 8.00. The Bertz CT molecular complexity index is 745. The standard InChI is InChI=1S/C18H21N3O2S/c1-2-15-19-17(20-23-15)14-8-5-10-21(14)18(22)16-13-7-4-3-6-12(13)9-11-24-16/h3-4,6-7,14,16H,2,5,8-11H2,1H3/t14-,16-/m0/s1. The Kier molecular flexibility index (Phi) is 4.31. The highest BCUT2D eigenvalue weighted by atomic mass is 32.2. The van der Waals surface area contributed by atoms with E-state index in [1.807, 2.05) is 17.9 Å². The number of rotatable bonds is 3. The second-order valence-electron chi connectivity index (χ2n) is 6.29. The summed E-state index contributed by atoms with van der Waals surface area (Å²) >= 11 is 1.75. The number of likely N-dealkylation sites (tertiary alicyclic amines) is 1. The van der Waals surface area contributed by atoms with Gasteiger partial charge in [0.05, 0.1) is 6.04 Å². The minimum atomic E-state index is -0.104. The molecule has 5 nitrogen and oxygen atoms in total. The summed E-state index contributed by atoms with van der Waals surface area (Å²) in [5.41, 5.74) is 2.48. The van der Waals surface area contributed by atoms with Gasteiger partial charge in [-0.05, 0) is 36.1 Å². The normalized spacial score (nSPS) is 23.3. The van der Waals surface area contributed by atoms with E-state index >= 15 is 0 Å². The van der Waals surface area contributed by atoms with Crippen LogP contribution in [-0.2, 0) is 17.6 Å². The van der Waals surface area contributed by atoms with E-state index in [4.69, 9.17) is 4.52 Å². The van der Waals surface area contributed by atoms with Gasteiger partial charge in [0, 0.05) is 13.0 Å². The number of thioether (sulfide) groups is 1. The van der Waals surface area contributed by atoms with Crippen molar-refractivity contribution in [2.24, 2.45) is 0 Å². The fourth-order valence-corrected chi connectivity index (χ4v) is 4.86. The number of nitrogens with zero attached hydrogens (tertiary/aromatic N) is 3. The van der Waals surface area contributed by atoms with Gasteiger partial charge in [0.15, 0.2) is 5.82 Å². The first kappa shape index (κ1) is 15.7. The molecule has 2 aliphatic heterocycles. The van der Waals surface area contributed by atoms with E-state index in [1.165, 1.54) is 11.1 Å². The number of hydrogen-bond donors (Lipinski definition) is 0. The molecule has 4 rings (SSSR count). The lowest BCUT2D eigenvalue weighted by atomic mass is 10.0. The molecule has 2 atom stereocenters. The third-order valence-electron chi connectivity index (χ3n) is 4.84. The van der Waals surface area contributed by atoms with Crippen molar-refractivity contribution in [1.82, 2.24) is 15.0 Å². The number of carbonyl (C=O) groups is 1. The zero-order valence-electron chi connectivity index (χ0n) is 13.8. The Morgan fingerprint density at radius 1 is 1.42 bits per heavy atom. The SMILES string of the molecule is CCc1nc([C@@H]2CCCN2C(=O)[C@H]2SCCc3ccccc32)no1. The molecule has 0 aliphatic carbocycles. The van der Waals surface area contributed by atoms with Crippen molar-refractivity contribution in [2.45, 2.75) is 43.9 Å². The lowest BCUT2D eigenvalue weighted by Gasteiger charge is -2.30. The number of carbonyl (C=O) groups excluding carboxylic acids is 1. The molecule has 6 heteroatoms. The van der Waals surface area contributed by atoms with E-state index in [2.05, 4.69) is 28.3 Å². The molecular weight excluding hydrogens is 322 g/mol. The number of hydrogen-bond acceptors (Lipinski definition) is 5. The van der Waals surface area contributed by atoms with E-state index < -0.39 is 0 Å². The molecule has 1 amide bonds. The van der Waals surface area contributed by atoms with E-state index in [-0.39, 0.29) is 17.2 Å². The van der Waals surface area contributed by atoms with Crippen LogP contribution in [0.3, 0.4) is 0 Å². The van der Waals surface area contributed by atoms with Crippen LogP contribution in [0, 0.1) is 0 Å². The van der Waals surface area contributed by atoms with Gasteiger partial charge in [-0.2, -0.15) is 4.98 Å². The van der Waals surface area contributed by atoms with Gasteiger partial charge in [0.2, 0.25) is 11.8 Å². The topological polar surface area (TPSA) is 59.2 Å². The van der Waals surface area contributed by atoms with Gasteiger partial charge in [0.1, 0.15) is 5.25 Å². The van der Waals surface area contributed by atoms with E-state index in [9.17, 15) is 4.79 Å². The fourth-order valence-electron chi connectivity index (χ4n) is 3.60. The molecular formula is C18H21N3O2S. The monoisotopic (exact) mass is 343 g/mol. The fraction of sp³-hybridized carbons (Fsp3) is 0.500. The van der Waals surface area contributed by atoms with Crippen LogP contribution in [0.4, 0.5) is 0 Å². The van der Waals surface area contributed by atoms with Crippen LogP contribution in [0.25, 0.3) is 0 Å². The molecule has 2 aromatic rings. The summed E-state index contributed by atoms with van der Waals surface area (Å²) < 4.78 is 5.25. The van der Waals surface area contributed by atoms with Crippen molar-refractivity contribution in [3.05, 3.63) is 47.1 Å². The number of aromatic nitrogens is 2. The minimum Gasteiger partial charge on any atom is -0.339 e. The smallest absolute Gasteiger partial charge is 0.240 e. The quantitative estimate of drug-likeness (QED) is 0.855. The molecule has 3 heterocycles. The number of amides is 1. The van der Waals surface area contributed by atoms with E-state index in [0.29, 0.717) is 11.7 Å². The Morgan fingerprint density at radius 2 is 2.29 bits per heavy atom. The first-order valence-corrected chi connectivity index (χ1v) is 9.65. The maximum atomic E-state index is 13.2. The van der Waals surface area contributed by atoms with Gasteiger partial charge in [0.25, 0.3) is 0 Å². The van der Waals surface area contributed by atoms with Crippen LogP contribution in [0.2, 0.25) is 0 Å². The van der Waals surface area contributed by atoms with Gasteiger partial charge < -0.3 is 9.42 Å². The van der Waals surface area contributed by atoms with Gasteiger partial charge in [-0.1, -0.05) is 36.3 Å². The van der Waals surface area contributed by atoms with Gasteiger partial charge in [-0.15, -0.1) is 11.8 Å². The lowest BCUT2D eigenvalue weighted by molar-refractivity contribution is -0.131. The van der Waals surface area contributed by atoms with E-state index in [0.717, 1.165) is 38.0 Å². The van der Waals surface area contributed by atoms with E-state index in [1.54, 1.807) is 11.8 Å². The molecule has 1 fully saturated rings. The Balaban J connectivity index is 1.60. The maximum absolute atomic E-state index is 13.2. The average molecular weight is 343 g/mol. The van der Waals surface area contributed by atoms with Crippen LogP contribution < -0.4 is 0 Å². The number of aryl methyl sites for hydroxylation is 2. The third kappa shape index (κ3) is 2.73. The predicted molar refractivity (Wildman–Crippen MR) is 92.7 cm³/mol. The zero-order valence-corrected chi connectivity index (χ0v) is 14.6. The Labute approximate surface area is 145 Å². The molecule has 1 aromatic heterocycles. The van der Waals surface area contributed by atoms with Gasteiger partial charge >= 0.3 is 0 Å². The minimum absolute atomic E-state index is 0.0451. The second kappa shape index (κ2) is 6.59. The van der Waals surface area contributed by atoms with Crippen molar-refractivity contribution in [3.63, 3.8) is 0 Å². The molecule has 0 saturated carbocycles. The molecule has 0 bridgehead atoms. The summed E-state index contributed by atoms with van der Waals surface area (Å²) in [6.45, 7) is 2.77. The molecule has 0 radical (unpaired) electrons. The lowest BCUT2D eigenvalue weighted by Crippen LogP contribution is -2.35. The first-order valence-electron chi connectivity index (χ1n) is 8.60. The van der Waals surface area contributed by atoms with Crippen LogP contribution in [0.1, 0.15) is 53.9 Å². The van der Waals surface area contributed by atoms with Crippen LogP contribution in [0.5, 0.6) is 0 Å². The first-order chi connectivity index (χ1) is 11.8. The molecule has 1 aromatic carbocycles. The second-order valence-corrected chi connectivity index (χ2v) is 7.50. The van der Waals surface area contributed by atoms with Crippen molar-refractivity contribution in [1.29, 1.82) is 0 Å². The summed E-state index contributed by atoms with van der Waals surface area (Å²) in [6.07, 6.45) is 3.66. The third-order valence-corrected chi connectivity index (χ3v) is 6.07. The average Bonchev–Trinajstić information content (AvgIpc) is 3.29. The number of fused-ring (bicyclic) bond motifs is 1. The highest BCUT2D eigenvalue weighted by Gasteiger charge is 2.38. The Morgan fingerprint density at radius 3 is 3.12 bits per heavy atom. The summed E-state index contributed by atoms with van der Waals surface area (Å²) in [5.74, 6) is 2.49. The molecule has 2 aliphatic rings. The van der Waals surface area contributed by atoms with Crippen LogP contribution in [0.15, 0.2) is 28.8 Å². The summed E-state index contributed by atoms with van der Waals surface area (Å²) in [6, 6.07) is 8.28. The Hall–Kier alpha value is -1.82. The molecule has 24 heavy (non-hydrogen) atoms. The van der Waals surface area contributed by atoms with Crippen LogP contribution in [-0.4, -0.2) is 33.2 Å². The molecule has 126 valence electrons. The zero-order chi connectivity index (χ0) is 16.5. The van der Waals surface area contributed by atoms with Crippen LogP contribution >= 0.6 is 11.8 Å². The van der Waals surface area contributed by atoms with Crippen molar-refractivity contribution < 1.29 is 9.32 Å². The maximum Gasteiger partial charge on any atom is 0.240 e. The van der Waals surface area contributed by atoms with Crippen molar-refractivity contribution in [3.8, 4) is 0 Å². The van der Waals surface area contributed by atoms with Gasteiger partial charge in [-0.25, -0.2) is 0 Å². The molecule has 1 saturated heterocycles. The largest absolute Gasteiger partial charge is 0.339 e. The molecule has 0 spiro atoms. The summed E-state index contributed by atoms with van der Waals surface area (Å²) in [7, 11) is 0. The summed E-state index contributed by atoms with van der Waals surface area (Å²) in [4.78, 5) is 19.7. The number of benzene rings is 1. The molecule has 0 N–H and O–H groups in total. The predicted octanol–water partition coefficient (Wildman–Crippen LogP) is 3.33.